The summed E-state index contributed by atoms with van der Waals surface area (Å²) >= 11 is 0. The fraction of sp³-hybridized carbons (Fsp3) is 0.706. The minimum Gasteiger partial charge on any atom is -0.381 e. The van der Waals surface area contributed by atoms with Gasteiger partial charge in [-0.2, -0.15) is 0 Å². The molecule has 0 heterocycles. The first-order valence-corrected chi connectivity index (χ1v) is 7.89. The summed E-state index contributed by atoms with van der Waals surface area (Å²) in [6, 6.07) is 0.610. The summed E-state index contributed by atoms with van der Waals surface area (Å²) in [6.45, 7) is 8.28. The van der Waals surface area contributed by atoms with Crippen LogP contribution in [0.5, 0.6) is 0 Å². The number of allylic oxidation sites excluding steroid dienone is 1. The number of rotatable bonds is 6. The highest BCUT2D eigenvalue weighted by Gasteiger charge is 2.34. The molecule has 0 amide bonds. The molecule has 0 aromatic carbocycles. The normalized spacial score (nSPS) is 28.6. The van der Waals surface area contributed by atoms with Crippen LogP contribution >= 0.6 is 0 Å². The Labute approximate surface area is 118 Å². The van der Waals surface area contributed by atoms with Gasteiger partial charge in [-0.05, 0) is 50.9 Å². The Bertz CT molecular complexity index is 363. The minimum absolute atomic E-state index is 0.610. The standard InChI is InChI=1S/C17H28N2/c1-4-7-17(18-5-2)13(3)19-16-9-6-8-15(12-16)14-10-11-14/h5,7,14-16,19H,3-4,6,8-12H2,1-2H3/b17-7-,18-5?. The van der Waals surface area contributed by atoms with Crippen LogP contribution in [0.4, 0.5) is 0 Å². The molecule has 1 N–H and O–H groups in total. The lowest BCUT2D eigenvalue weighted by atomic mass is 9.82. The molecule has 2 saturated carbocycles. The van der Waals surface area contributed by atoms with E-state index in [0.29, 0.717) is 6.04 Å². The van der Waals surface area contributed by atoms with Crippen molar-refractivity contribution >= 4 is 6.21 Å². The van der Waals surface area contributed by atoms with Crippen molar-refractivity contribution in [2.75, 3.05) is 0 Å². The van der Waals surface area contributed by atoms with Crippen LogP contribution < -0.4 is 5.32 Å². The zero-order chi connectivity index (χ0) is 13.7. The molecule has 0 aromatic rings. The van der Waals surface area contributed by atoms with Gasteiger partial charge in [0.05, 0.1) is 11.4 Å². The Kier molecular flexibility index (Phi) is 5.24. The highest BCUT2D eigenvalue weighted by atomic mass is 15.0. The van der Waals surface area contributed by atoms with Gasteiger partial charge in [-0.25, -0.2) is 0 Å². The molecule has 2 atom stereocenters. The van der Waals surface area contributed by atoms with Crippen LogP contribution in [0.25, 0.3) is 0 Å². The molecule has 0 aromatic heterocycles. The van der Waals surface area contributed by atoms with Crippen LogP contribution in [0.15, 0.2) is 29.0 Å². The second kappa shape index (κ2) is 6.93. The lowest BCUT2D eigenvalue weighted by Crippen LogP contribution is -2.34. The number of nitrogens with zero attached hydrogens (tertiary/aromatic N) is 1. The average Bonchev–Trinajstić information content (AvgIpc) is 3.23. The van der Waals surface area contributed by atoms with E-state index in [9.17, 15) is 0 Å². The molecule has 2 aliphatic rings. The van der Waals surface area contributed by atoms with Crippen molar-refractivity contribution < 1.29 is 0 Å². The maximum Gasteiger partial charge on any atom is 0.0810 e. The van der Waals surface area contributed by atoms with Gasteiger partial charge in [0, 0.05) is 12.3 Å². The second-order valence-electron chi connectivity index (χ2n) is 5.97. The zero-order valence-electron chi connectivity index (χ0n) is 12.5. The van der Waals surface area contributed by atoms with Gasteiger partial charge in [0.1, 0.15) is 0 Å². The van der Waals surface area contributed by atoms with Gasteiger partial charge in [-0.3, -0.25) is 4.99 Å². The Balaban J connectivity index is 1.88. The van der Waals surface area contributed by atoms with Crippen molar-refractivity contribution in [1.82, 2.24) is 5.32 Å². The monoisotopic (exact) mass is 260 g/mol. The van der Waals surface area contributed by atoms with Gasteiger partial charge in [-0.15, -0.1) is 0 Å². The van der Waals surface area contributed by atoms with Crippen molar-refractivity contribution in [2.45, 2.75) is 64.8 Å². The lowest BCUT2D eigenvalue weighted by Gasteiger charge is -2.31. The third kappa shape index (κ3) is 4.22. The van der Waals surface area contributed by atoms with Crippen molar-refractivity contribution in [3.63, 3.8) is 0 Å². The van der Waals surface area contributed by atoms with E-state index in [1.165, 1.54) is 38.5 Å². The molecule has 0 saturated heterocycles. The highest BCUT2D eigenvalue weighted by molar-refractivity contribution is 5.56. The highest BCUT2D eigenvalue weighted by Crippen LogP contribution is 2.44. The first-order chi connectivity index (χ1) is 9.24. The predicted molar refractivity (Wildman–Crippen MR) is 83.3 cm³/mol. The fourth-order valence-corrected chi connectivity index (χ4v) is 3.26. The zero-order valence-corrected chi connectivity index (χ0v) is 12.5. The van der Waals surface area contributed by atoms with E-state index >= 15 is 0 Å². The summed E-state index contributed by atoms with van der Waals surface area (Å²) in [5.74, 6) is 2.00. The van der Waals surface area contributed by atoms with E-state index in [-0.39, 0.29) is 0 Å². The van der Waals surface area contributed by atoms with Crippen molar-refractivity contribution in [3.8, 4) is 0 Å². The molecule has 106 valence electrons. The summed E-state index contributed by atoms with van der Waals surface area (Å²) in [7, 11) is 0. The lowest BCUT2D eigenvalue weighted by molar-refractivity contribution is 0.272. The van der Waals surface area contributed by atoms with Gasteiger partial charge in [0.15, 0.2) is 0 Å². The van der Waals surface area contributed by atoms with E-state index < -0.39 is 0 Å². The molecule has 0 spiro atoms. The van der Waals surface area contributed by atoms with E-state index in [1.807, 2.05) is 13.1 Å². The van der Waals surface area contributed by atoms with Crippen molar-refractivity contribution in [2.24, 2.45) is 16.8 Å². The molecule has 2 unspecified atom stereocenters. The van der Waals surface area contributed by atoms with Gasteiger partial charge in [-0.1, -0.05) is 32.4 Å². The van der Waals surface area contributed by atoms with E-state index in [0.717, 1.165) is 29.7 Å². The Hall–Kier alpha value is -1.05. The quantitative estimate of drug-likeness (QED) is 0.554. The van der Waals surface area contributed by atoms with Gasteiger partial charge >= 0.3 is 0 Å². The van der Waals surface area contributed by atoms with Gasteiger partial charge < -0.3 is 5.32 Å². The third-order valence-electron chi connectivity index (χ3n) is 4.36. The maximum absolute atomic E-state index is 4.42. The summed E-state index contributed by atoms with van der Waals surface area (Å²) < 4.78 is 0. The third-order valence-corrected chi connectivity index (χ3v) is 4.36. The Morgan fingerprint density at radius 1 is 1.26 bits per heavy atom. The first kappa shape index (κ1) is 14.4. The molecule has 2 heteroatoms. The molecule has 0 radical (unpaired) electrons. The maximum atomic E-state index is 4.42. The van der Waals surface area contributed by atoms with Gasteiger partial charge in [0.25, 0.3) is 0 Å². The summed E-state index contributed by atoms with van der Waals surface area (Å²) in [5.41, 5.74) is 2.01. The minimum atomic E-state index is 0.610. The van der Waals surface area contributed by atoms with E-state index in [4.69, 9.17) is 0 Å². The summed E-state index contributed by atoms with van der Waals surface area (Å²) in [6.07, 6.45) is 13.4. The number of aliphatic imine (C=N–C) groups is 1. The van der Waals surface area contributed by atoms with Crippen LogP contribution in [-0.2, 0) is 0 Å². The smallest absolute Gasteiger partial charge is 0.0810 e. The molecule has 2 rings (SSSR count). The topological polar surface area (TPSA) is 24.4 Å². The van der Waals surface area contributed by atoms with Crippen LogP contribution in [-0.4, -0.2) is 12.3 Å². The van der Waals surface area contributed by atoms with Crippen molar-refractivity contribution in [1.29, 1.82) is 0 Å². The van der Waals surface area contributed by atoms with E-state index in [2.05, 4.69) is 29.9 Å². The van der Waals surface area contributed by atoms with Crippen LogP contribution in [0.3, 0.4) is 0 Å². The fourth-order valence-electron chi connectivity index (χ4n) is 3.26. The Morgan fingerprint density at radius 2 is 2.05 bits per heavy atom. The van der Waals surface area contributed by atoms with Crippen LogP contribution in [0, 0.1) is 11.8 Å². The van der Waals surface area contributed by atoms with Gasteiger partial charge in [0.2, 0.25) is 0 Å². The summed E-state index contributed by atoms with van der Waals surface area (Å²) in [5, 5.41) is 3.62. The molecule has 2 nitrogen and oxygen atoms in total. The first-order valence-electron chi connectivity index (χ1n) is 7.89. The second-order valence-corrected chi connectivity index (χ2v) is 5.97. The average molecular weight is 260 g/mol. The van der Waals surface area contributed by atoms with Crippen LogP contribution in [0.1, 0.15) is 58.8 Å². The molecular formula is C17H28N2. The number of hydrogen-bond donors (Lipinski definition) is 1. The number of nitrogens with one attached hydrogen (secondary N) is 1. The molecule has 2 fully saturated rings. The van der Waals surface area contributed by atoms with E-state index in [1.54, 1.807) is 0 Å². The molecular weight excluding hydrogens is 232 g/mol. The summed E-state index contributed by atoms with van der Waals surface area (Å²) in [4.78, 5) is 4.42. The van der Waals surface area contributed by atoms with Crippen LogP contribution in [0.2, 0.25) is 0 Å². The van der Waals surface area contributed by atoms with Crippen molar-refractivity contribution in [3.05, 3.63) is 24.0 Å². The largest absolute Gasteiger partial charge is 0.381 e. The molecule has 19 heavy (non-hydrogen) atoms. The molecule has 0 aliphatic heterocycles. The molecule has 0 bridgehead atoms. The number of hydrogen-bond acceptors (Lipinski definition) is 2. The molecule has 2 aliphatic carbocycles. The SMILES string of the molecule is C=C(NC1CCCC(C2CC2)C1)/C(=C/CC)N=CC. The Morgan fingerprint density at radius 3 is 2.68 bits per heavy atom. The predicted octanol–water partition coefficient (Wildman–Crippen LogP) is 4.44.